The number of hydrogen-bond donors (Lipinski definition) is 0. The van der Waals surface area contributed by atoms with Crippen LogP contribution in [-0.2, 0) is 20.3 Å². The fraction of sp³-hybridized carbons (Fsp3) is 0.391. The topological polar surface area (TPSA) is 0 Å². The molecule has 3 aliphatic rings. The van der Waals surface area contributed by atoms with Gasteiger partial charge in [0, 0.05) is 0 Å². The van der Waals surface area contributed by atoms with Crippen molar-refractivity contribution in [2.24, 2.45) is 11.8 Å². The van der Waals surface area contributed by atoms with Gasteiger partial charge < -0.3 is 24.8 Å². The minimum absolute atomic E-state index is 0. The van der Waals surface area contributed by atoms with Crippen molar-refractivity contribution in [1.29, 1.82) is 0 Å². The van der Waals surface area contributed by atoms with Crippen molar-refractivity contribution < 1.29 is 45.1 Å². The van der Waals surface area contributed by atoms with Gasteiger partial charge in [-0.25, -0.2) is 0 Å². The molecule has 0 saturated carbocycles. The molecule has 49 heavy (non-hydrogen) atoms. The van der Waals surface area contributed by atoms with Crippen LogP contribution in [0.2, 0.25) is 8.26 Å². The quantitative estimate of drug-likeness (QED) is 0.154. The minimum Gasteiger partial charge on any atom is -1.00 e. The second-order valence-electron chi connectivity index (χ2n) is 16.4. The van der Waals surface area contributed by atoms with E-state index in [2.05, 4.69) is 152 Å². The molecule has 2 aliphatic carbocycles. The summed E-state index contributed by atoms with van der Waals surface area (Å²) in [6.07, 6.45) is 7.79. The van der Waals surface area contributed by atoms with Gasteiger partial charge in [-0.2, -0.15) is 0 Å². The molecule has 0 nitrogen and oxygen atoms in total. The first kappa shape index (κ1) is 38.1. The zero-order valence-electron chi connectivity index (χ0n) is 30.8. The Balaban J connectivity index is 0.00000234. The van der Waals surface area contributed by atoms with E-state index in [0.29, 0.717) is 30.9 Å². The minimum atomic E-state index is -2.81. The van der Waals surface area contributed by atoms with Crippen LogP contribution < -0.4 is 24.8 Å². The van der Waals surface area contributed by atoms with Crippen LogP contribution >= 0.6 is 0 Å². The normalized spacial score (nSPS) is 18.0. The predicted octanol–water partition coefficient (Wildman–Crippen LogP) is 7.95. The Bertz CT molecular complexity index is 1700. The summed E-state index contributed by atoms with van der Waals surface area (Å²) in [5, 5.41) is 0. The second-order valence-corrected chi connectivity index (χ2v) is 27.8. The Hall–Kier alpha value is -2.18. The molecule has 2 atom stereocenters. The van der Waals surface area contributed by atoms with Gasteiger partial charge in [0.15, 0.2) is 0 Å². The Morgan fingerprint density at radius 3 is 1.18 bits per heavy atom. The monoisotopic (exact) mass is 766 g/mol. The van der Waals surface area contributed by atoms with E-state index in [4.69, 9.17) is 0 Å². The van der Waals surface area contributed by atoms with E-state index < -0.39 is 20.3 Å². The number of rotatable bonds is 10. The second kappa shape index (κ2) is 15.2. The molecule has 0 amide bonds. The number of allylic oxidation sites excluding steroid dienone is 2. The third-order valence-corrected chi connectivity index (χ3v) is 24.4. The Labute approximate surface area is 314 Å². The number of fused-ring (bicyclic) bond motifs is 2. The van der Waals surface area contributed by atoms with Gasteiger partial charge in [0.25, 0.3) is 0 Å². The van der Waals surface area contributed by atoms with E-state index in [1.807, 2.05) is 0 Å². The van der Waals surface area contributed by atoms with E-state index in [0.717, 1.165) is 0 Å². The van der Waals surface area contributed by atoms with E-state index >= 15 is 0 Å². The van der Waals surface area contributed by atoms with Gasteiger partial charge in [0.1, 0.15) is 0 Å². The first-order valence-corrected chi connectivity index (χ1v) is 24.8. The third-order valence-electron chi connectivity index (χ3n) is 11.3. The summed E-state index contributed by atoms with van der Waals surface area (Å²) < 4.78 is 4.37. The Morgan fingerprint density at radius 2 is 0.878 bits per heavy atom. The summed E-state index contributed by atoms with van der Waals surface area (Å²) in [6, 6.07) is 33.4. The molecular weight excluding hydrogens is 715 g/mol. The molecule has 1 saturated heterocycles. The molecule has 4 aromatic carbocycles. The first-order chi connectivity index (χ1) is 22.6. The molecular formula is C46H54Cl2Zr. The molecule has 7 rings (SSSR count). The van der Waals surface area contributed by atoms with Gasteiger partial charge in [0.05, 0.1) is 0 Å². The van der Waals surface area contributed by atoms with Gasteiger partial charge in [-0.3, -0.25) is 0 Å². The molecule has 1 aliphatic heterocycles. The molecule has 0 radical (unpaired) electrons. The summed E-state index contributed by atoms with van der Waals surface area (Å²) in [6.45, 7) is 18.9. The molecule has 0 spiro atoms. The largest absolute Gasteiger partial charge is 1.00 e. The van der Waals surface area contributed by atoms with Gasteiger partial charge in [0.2, 0.25) is 0 Å². The zero-order chi connectivity index (χ0) is 33.0. The van der Waals surface area contributed by atoms with Gasteiger partial charge in [-0.1, -0.05) is 0 Å². The summed E-state index contributed by atoms with van der Waals surface area (Å²) in [7, 11) is 0. The van der Waals surface area contributed by atoms with Crippen molar-refractivity contribution in [2.45, 2.75) is 95.6 Å². The summed E-state index contributed by atoms with van der Waals surface area (Å²) in [5.41, 5.74) is 18.3. The number of halogens is 2. The smallest absolute Gasteiger partial charge is 1.00 e. The van der Waals surface area contributed by atoms with Crippen molar-refractivity contribution in [3.05, 3.63) is 129 Å². The first-order valence-electron chi connectivity index (χ1n) is 18.4. The SMILES string of the molecule is CC(C)CC1=Cc2c(-c3ccc(C(C)C)cc3)cccc2[CH]1[Zr+2]1([CH]2C(CC(C)C)=Cc3c(-c4ccc(C(C)C)cc4)cccc32)[CH2][CH2]1.[Cl-].[Cl-]. The zero-order valence-corrected chi connectivity index (χ0v) is 34.8. The van der Waals surface area contributed by atoms with Crippen molar-refractivity contribution in [2.75, 3.05) is 0 Å². The molecule has 1 heterocycles. The van der Waals surface area contributed by atoms with Gasteiger partial charge in [-0.05, 0) is 0 Å². The van der Waals surface area contributed by atoms with Crippen LogP contribution in [0, 0.1) is 11.8 Å². The fourth-order valence-electron chi connectivity index (χ4n) is 9.07. The molecule has 2 unspecified atom stereocenters. The molecule has 256 valence electrons. The summed E-state index contributed by atoms with van der Waals surface area (Å²) in [4.78, 5) is 0. The fourth-order valence-corrected chi connectivity index (χ4v) is 26.5. The van der Waals surface area contributed by atoms with Crippen LogP contribution in [0.25, 0.3) is 34.4 Å². The standard InChI is InChI=1S/2C22H25.C2H4.2ClH.Zr/c2*1-15(2)12-17-13-20-6-5-7-21(22(20)14-17)19-10-8-18(9-11-19)16(3)4;1-2;;;/h2*5-11,13-16H,12H2,1-4H3;1-2H2;2*1H;/q;;;;;+2/p-2. The van der Waals surface area contributed by atoms with Crippen LogP contribution in [-0.4, -0.2) is 0 Å². The van der Waals surface area contributed by atoms with Crippen molar-refractivity contribution in [3.8, 4) is 22.3 Å². The van der Waals surface area contributed by atoms with Gasteiger partial charge >= 0.3 is 292 Å². The molecule has 0 N–H and O–H groups in total. The predicted molar refractivity (Wildman–Crippen MR) is 202 cm³/mol. The van der Waals surface area contributed by atoms with E-state index in [1.54, 1.807) is 22.3 Å². The van der Waals surface area contributed by atoms with E-state index in [-0.39, 0.29) is 24.8 Å². The molecule has 0 aromatic heterocycles. The summed E-state index contributed by atoms with van der Waals surface area (Å²) >= 11 is -2.81. The van der Waals surface area contributed by atoms with Crippen LogP contribution in [0.5, 0.6) is 0 Å². The number of hydrogen-bond acceptors (Lipinski definition) is 0. The Morgan fingerprint density at radius 1 is 0.510 bits per heavy atom. The molecule has 3 heteroatoms. The molecule has 4 aromatic rings. The van der Waals surface area contributed by atoms with Crippen LogP contribution in [0.15, 0.2) is 96.1 Å². The van der Waals surface area contributed by atoms with Crippen LogP contribution in [0.3, 0.4) is 0 Å². The van der Waals surface area contributed by atoms with Crippen LogP contribution in [0.4, 0.5) is 0 Å². The Kier molecular flexibility index (Phi) is 11.8. The maximum atomic E-state index is 2.68. The van der Waals surface area contributed by atoms with Crippen molar-refractivity contribution in [1.82, 2.24) is 0 Å². The average Bonchev–Trinajstić information content (AvgIpc) is 3.60. The van der Waals surface area contributed by atoms with Crippen molar-refractivity contribution in [3.63, 3.8) is 0 Å². The van der Waals surface area contributed by atoms with Crippen LogP contribution in [0.1, 0.15) is 121 Å². The summed E-state index contributed by atoms with van der Waals surface area (Å²) in [5.74, 6) is 2.43. The number of benzene rings is 4. The maximum Gasteiger partial charge on any atom is -1.00 e. The molecule has 1 fully saturated rings. The van der Waals surface area contributed by atoms with E-state index in [1.165, 1.54) is 65.6 Å². The third kappa shape index (κ3) is 7.17. The maximum absolute atomic E-state index is 2.81. The average molecular weight is 769 g/mol. The van der Waals surface area contributed by atoms with E-state index in [9.17, 15) is 0 Å². The van der Waals surface area contributed by atoms with Gasteiger partial charge in [-0.15, -0.1) is 0 Å². The molecule has 0 bridgehead atoms. The van der Waals surface area contributed by atoms with Crippen molar-refractivity contribution >= 4 is 12.2 Å².